The average molecular weight is 974 g/mol. The Morgan fingerprint density at radius 2 is 0.902 bits per heavy atom. The van der Waals surface area contributed by atoms with E-state index in [9.17, 15) is 0 Å². The van der Waals surface area contributed by atoms with Crippen molar-refractivity contribution in [3.05, 3.63) is 194 Å². The fourth-order valence-corrected chi connectivity index (χ4v) is 7.29. The predicted molar refractivity (Wildman–Crippen MR) is 229 cm³/mol. The quantitative estimate of drug-likeness (QED) is 0.105. The summed E-state index contributed by atoms with van der Waals surface area (Å²) in [5.74, 6) is 2.47. The van der Waals surface area contributed by atoms with E-state index in [0.29, 0.717) is 40.0 Å². The maximum Gasteiger partial charge on any atom is 2.00 e. The number of ether oxygens (including phenoxy) is 2. The first kappa shape index (κ1) is 41.1. The van der Waals surface area contributed by atoms with Crippen LogP contribution in [0.4, 0.5) is 0 Å². The van der Waals surface area contributed by atoms with Crippen LogP contribution < -0.4 is 9.47 Å². The minimum atomic E-state index is 0. The maximum atomic E-state index is 6.40. The van der Waals surface area contributed by atoms with Gasteiger partial charge in [-0.2, -0.15) is 22.9 Å². The molecule has 8 nitrogen and oxygen atoms in total. The summed E-state index contributed by atoms with van der Waals surface area (Å²) < 4.78 is 14.7. The Balaban J connectivity index is 0.00000257. The number of benzene rings is 6. The van der Waals surface area contributed by atoms with Crippen LogP contribution >= 0.6 is 0 Å². The van der Waals surface area contributed by atoms with Crippen LogP contribution in [0.1, 0.15) is 11.1 Å². The Kier molecular flexibility index (Phi) is 12.1. The number of hydrogen-bond donors (Lipinski definition) is 0. The zero-order valence-corrected chi connectivity index (χ0v) is 35.8. The third-order valence-corrected chi connectivity index (χ3v) is 10.1. The molecule has 0 bridgehead atoms. The molecule has 10 rings (SSSR count). The summed E-state index contributed by atoms with van der Waals surface area (Å²) in [6.45, 7) is 4.19. The smallest absolute Gasteiger partial charge is 0.503 e. The van der Waals surface area contributed by atoms with Crippen LogP contribution in [0.25, 0.3) is 72.5 Å². The topological polar surface area (TPSA) is 87.8 Å². The Morgan fingerprint density at radius 3 is 1.34 bits per heavy atom. The zero-order valence-electron chi connectivity index (χ0n) is 32.6. The number of hydrogen-bond acceptors (Lipinski definition) is 7. The second kappa shape index (κ2) is 17.9. The molecule has 0 saturated carbocycles. The van der Waals surface area contributed by atoms with Crippen LogP contribution in [0.5, 0.6) is 23.0 Å². The van der Waals surface area contributed by atoms with E-state index in [4.69, 9.17) is 19.4 Å². The molecule has 10 heteroatoms. The van der Waals surface area contributed by atoms with E-state index in [0.717, 1.165) is 66.7 Å². The maximum absolute atomic E-state index is 6.40. The van der Waals surface area contributed by atoms with Crippen LogP contribution in [0.2, 0.25) is 0 Å². The number of aromatic nitrogens is 6. The monoisotopic (exact) mass is 972 g/mol. The van der Waals surface area contributed by atoms with Gasteiger partial charge in [0.1, 0.15) is 12.7 Å². The summed E-state index contributed by atoms with van der Waals surface area (Å²) in [5.41, 5.74) is 11.4. The zero-order chi connectivity index (χ0) is 39.7. The summed E-state index contributed by atoms with van der Waals surface area (Å²) in [6.07, 6.45) is 6.75. The van der Waals surface area contributed by atoms with E-state index in [1.165, 1.54) is 12.7 Å². The Bertz CT molecular complexity index is 2950. The largest absolute Gasteiger partial charge is 2.00 e. The molecule has 6 aromatic carbocycles. The molecule has 4 aromatic heterocycles. The molecule has 4 heterocycles. The second-order valence-corrected chi connectivity index (χ2v) is 14.0. The van der Waals surface area contributed by atoms with Gasteiger partial charge in [0.2, 0.25) is 5.95 Å². The molecule has 61 heavy (non-hydrogen) atoms. The molecule has 0 aliphatic rings. The summed E-state index contributed by atoms with van der Waals surface area (Å²) in [7, 11) is 0. The molecule has 0 spiro atoms. The van der Waals surface area contributed by atoms with E-state index >= 15 is 0 Å². The van der Waals surface area contributed by atoms with Crippen LogP contribution in [0.15, 0.2) is 159 Å². The first-order valence-electron chi connectivity index (χ1n) is 19.0. The molecule has 10 aromatic rings. The van der Waals surface area contributed by atoms with Gasteiger partial charge in [-0.25, -0.2) is 15.0 Å². The SMILES string of the molecule is Cc1cc(-c2[c-]c(Oc3[c-]c4c(cc3)c3ccc(Oc5[c-]c(-c6cc(C)c(-c7ccccc7)cn6)ccc5)[c-]c3n4-c3ncncn3)ccc2)ncc1-c1ccccc1.[Pd+2].[Pd+2]. The van der Waals surface area contributed by atoms with Gasteiger partial charge in [0.25, 0.3) is 0 Å². The third-order valence-electron chi connectivity index (χ3n) is 10.1. The van der Waals surface area contributed by atoms with Gasteiger partial charge < -0.3 is 24.0 Å². The molecule has 0 N–H and O–H groups in total. The van der Waals surface area contributed by atoms with E-state index in [1.54, 1.807) is 0 Å². The van der Waals surface area contributed by atoms with Gasteiger partial charge in [-0.1, -0.05) is 96.0 Å². The molecule has 298 valence electrons. The molecule has 0 saturated heterocycles. The molecule has 0 fully saturated rings. The first-order chi connectivity index (χ1) is 29.0. The van der Waals surface area contributed by atoms with Gasteiger partial charge >= 0.3 is 40.8 Å². The average Bonchev–Trinajstić information content (AvgIpc) is 3.60. The van der Waals surface area contributed by atoms with E-state index in [-0.39, 0.29) is 40.8 Å². The molecular weight excluding hydrogens is 941 g/mol. The minimum absolute atomic E-state index is 0. The summed E-state index contributed by atoms with van der Waals surface area (Å²) in [4.78, 5) is 22.6. The van der Waals surface area contributed by atoms with Crippen LogP contribution in [-0.2, 0) is 40.8 Å². The molecule has 0 amide bonds. The van der Waals surface area contributed by atoms with Crippen LogP contribution in [0, 0.1) is 38.1 Å². The Morgan fingerprint density at radius 1 is 0.459 bits per heavy atom. The second-order valence-electron chi connectivity index (χ2n) is 14.0. The number of pyridine rings is 2. The standard InChI is InChI=1S/C51H32N6O2.2Pd/c1-33-23-47(53-29-45(33)35-11-5-3-6-12-35)37-15-9-17-39(25-37)58-41-19-21-43-44-22-20-42(28-50(44)57(49(43)27-41)51-55-31-52-32-56-51)59-40-18-10-16-38(26-40)48-24-34(2)46(30-54-48)36-13-7-4-8-14-36;;/h3-24,29-32H,1-2H3;;/q-4;2*+2. The van der Waals surface area contributed by atoms with Gasteiger partial charge in [-0.3, -0.25) is 0 Å². The Hall–Kier alpha value is -6.65. The van der Waals surface area contributed by atoms with Crippen molar-refractivity contribution >= 4 is 21.8 Å². The van der Waals surface area contributed by atoms with Crippen molar-refractivity contribution in [3.8, 4) is 73.7 Å². The van der Waals surface area contributed by atoms with Gasteiger partial charge in [0, 0.05) is 46.5 Å². The fraction of sp³-hybridized carbons (Fsp3) is 0.0392. The van der Waals surface area contributed by atoms with Crippen molar-refractivity contribution < 1.29 is 50.3 Å². The van der Waals surface area contributed by atoms with E-state index in [1.807, 2.05) is 114 Å². The number of rotatable bonds is 9. The van der Waals surface area contributed by atoms with Gasteiger partial charge in [0.05, 0.1) is 0 Å². The summed E-state index contributed by atoms with van der Waals surface area (Å²) >= 11 is 0. The molecule has 0 radical (unpaired) electrons. The third kappa shape index (κ3) is 8.41. The first-order valence-corrected chi connectivity index (χ1v) is 19.0. The van der Waals surface area contributed by atoms with Crippen LogP contribution in [0.3, 0.4) is 0 Å². The number of nitrogens with zero attached hydrogens (tertiary/aromatic N) is 6. The van der Waals surface area contributed by atoms with Crippen molar-refractivity contribution in [1.29, 1.82) is 0 Å². The van der Waals surface area contributed by atoms with Crippen LogP contribution in [-0.4, -0.2) is 29.5 Å². The van der Waals surface area contributed by atoms with Gasteiger partial charge in [0.15, 0.2) is 0 Å². The van der Waals surface area contributed by atoms with Crippen molar-refractivity contribution in [2.45, 2.75) is 13.8 Å². The van der Waals surface area contributed by atoms with Crippen molar-refractivity contribution in [1.82, 2.24) is 29.5 Å². The molecule has 0 unspecified atom stereocenters. The van der Waals surface area contributed by atoms with E-state index < -0.39 is 0 Å². The molecule has 0 atom stereocenters. The molecule has 0 aliphatic carbocycles. The minimum Gasteiger partial charge on any atom is -0.503 e. The number of aryl methyl sites for hydroxylation is 2. The van der Waals surface area contributed by atoms with Crippen molar-refractivity contribution in [2.24, 2.45) is 0 Å². The normalized spacial score (nSPS) is 10.9. The summed E-state index contributed by atoms with van der Waals surface area (Å²) in [5, 5.41) is 1.83. The van der Waals surface area contributed by atoms with Crippen molar-refractivity contribution in [3.63, 3.8) is 0 Å². The molecule has 0 aliphatic heterocycles. The summed E-state index contributed by atoms with van der Waals surface area (Å²) in [6, 6.07) is 57.8. The van der Waals surface area contributed by atoms with Crippen molar-refractivity contribution in [2.75, 3.05) is 0 Å². The number of fused-ring (bicyclic) bond motifs is 3. The Labute approximate surface area is 380 Å². The fourth-order valence-electron chi connectivity index (χ4n) is 7.29. The van der Waals surface area contributed by atoms with Gasteiger partial charge in [-0.15, -0.1) is 71.8 Å². The van der Waals surface area contributed by atoms with Gasteiger partial charge in [-0.05, 0) is 47.5 Å². The van der Waals surface area contributed by atoms with E-state index in [2.05, 4.69) is 89.5 Å². The molecular formula is C51H32N6O2Pd2. The predicted octanol–water partition coefficient (Wildman–Crippen LogP) is 11.8.